The average Bonchev–Trinajstić information content (AvgIpc) is 2.98. The molecule has 17 heavy (non-hydrogen) atoms. The lowest BCUT2D eigenvalue weighted by Gasteiger charge is -2.19. The molecule has 1 saturated carbocycles. The van der Waals surface area contributed by atoms with Gasteiger partial charge in [-0.15, -0.1) is 35.1 Å². The fourth-order valence-electron chi connectivity index (χ4n) is 2.18. The minimum atomic E-state index is -0.168. The van der Waals surface area contributed by atoms with E-state index >= 15 is 0 Å². The van der Waals surface area contributed by atoms with Gasteiger partial charge in [0, 0.05) is 10.8 Å². The van der Waals surface area contributed by atoms with E-state index in [2.05, 4.69) is 15.3 Å². The fraction of sp³-hybridized carbons (Fsp3) is 0.455. The van der Waals surface area contributed by atoms with Crippen molar-refractivity contribution in [1.82, 2.24) is 9.97 Å². The third-order valence-electron chi connectivity index (χ3n) is 3.12. The molecule has 2 aromatic heterocycles. The third kappa shape index (κ3) is 2.38. The Morgan fingerprint density at radius 1 is 1.18 bits per heavy atom. The third-order valence-corrected chi connectivity index (χ3v) is 4.77. The zero-order chi connectivity index (χ0) is 11.0. The van der Waals surface area contributed by atoms with Crippen molar-refractivity contribution in [3.63, 3.8) is 0 Å². The highest BCUT2D eigenvalue weighted by Crippen LogP contribution is 2.38. The van der Waals surface area contributed by atoms with Gasteiger partial charge < -0.3 is 5.73 Å². The van der Waals surface area contributed by atoms with E-state index in [1.807, 2.05) is 10.9 Å². The lowest BCUT2D eigenvalue weighted by atomic mass is 10.0. The maximum atomic E-state index is 6.38. The maximum Gasteiger partial charge on any atom is 0.113 e. The lowest BCUT2D eigenvalue weighted by molar-refractivity contribution is 0.459. The highest BCUT2D eigenvalue weighted by Gasteiger charge is 2.34. The molecular formula is C11H14ClN3S2. The van der Waals surface area contributed by atoms with Crippen LogP contribution in [0, 0.1) is 0 Å². The minimum Gasteiger partial charge on any atom is -0.319 e. The molecule has 0 amide bonds. The Kier molecular flexibility index (Phi) is 3.82. The molecule has 3 nitrogen and oxygen atoms in total. The number of halogens is 1. The van der Waals surface area contributed by atoms with Crippen LogP contribution in [0.4, 0.5) is 0 Å². The largest absolute Gasteiger partial charge is 0.319 e. The molecule has 92 valence electrons. The summed E-state index contributed by atoms with van der Waals surface area (Å²) in [5.41, 5.74) is 9.98. The van der Waals surface area contributed by atoms with Crippen LogP contribution in [0.3, 0.4) is 0 Å². The lowest BCUT2D eigenvalue weighted by Crippen LogP contribution is -2.32. The van der Waals surface area contributed by atoms with Crippen molar-refractivity contribution < 1.29 is 0 Å². The van der Waals surface area contributed by atoms with Crippen LogP contribution < -0.4 is 5.73 Å². The molecule has 0 unspecified atom stereocenters. The topological polar surface area (TPSA) is 51.8 Å². The van der Waals surface area contributed by atoms with Crippen LogP contribution in [0.15, 0.2) is 16.3 Å². The number of aromatic nitrogens is 2. The molecule has 3 rings (SSSR count). The summed E-state index contributed by atoms with van der Waals surface area (Å²) in [6.07, 6.45) is 4.58. The molecule has 1 aliphatic carbocycles. The predicted octanol–water partition coefficient (Wildman–Crippen LogP) is 3.42. The molecule has 0 radical (unpaired) electrons. The van der Waals surface area contributed by atoms with Gasteiger partial charge in [-0.2, -0.15) is 0 Å². The van der Waals surface area contributed by atoms with Crippen molar-refractivity contribution >= 4 is 35.1 Å². The first-order valence-corrected chi connectivity index (χ1v) is 7.24. The van der Waals surface area contributed by atoms with Gasteiger partial charge in [0.1, 0.15) is 16.4 Å². The number of thiazole rings is 2. The van der Waals surface area contributed by atoms with E-state index in [9.17, 15) is 0 Å². The van der Waals surface area contributed by atoms with Crippen molar-refractivity contribution in [3.05, 3.63) is 21.3 Å². The van der Waals surface area contributed by atoms with E-state index in [1.165, 1.54) is 12.8 Å². The zero-order valence-corrected chi connectivity index (χ0v) is 11.7. The molecule has 1 fully saturated rings. The second kappa shape index (κ2) is 5.02. The molecule has 2 N–H and O–H groups in total. The molecule has 6 heteroatoms. The van der Waals surface area contributed by atoms with Crippen molar-refractivity contribution in [2.45, 2.75) is 31.2 Å². The smallest absolute Gasteiger partial charge is 0.113 e. The maximum absolute atomic E-state index is 6.38. The predicted molar refractivity (Wildman–Crippen MR) is 74.8 cm³/mol. The Balaban J connectivity index is 0.00000108. The monoisotopic (exact) mass is 287 g/mol. The van der Waals surface area contributed by atoms with E-state index in [4.69, 9.17) is 5.73 Å². The standard InChI is InChI=1S/C11H13N3S2.ClH/c12-11(3-1-2-4-11)10-14-9(6-16-10)8-5-15-7-13-8;/h5-7H,1-4,12H2;1H. The molecule has 0 aliphatic heterocycles. The molecule has 0 saturated heterocycles. The summed E-state index contributed by atoms with van der Waals surface area (Å²) < 4.78 is 0. The van der Waals surface area contributed by atoms with Crippen LogP contribution >= 0.6 is 35.1 Å². The Morgan fingerprint density at radius 2 is 1.94 bits per heavy atom. The van der Waals surface area contributed by atoms with E-state index in [0.29, 0.717) is 0 Å². The van der Waals surface area contributed by atoms with Crippen LogP contribution in [-0.2, 0) is 5.54 Å². The van der Waals surface area contributed by atoms with Gasteiger partial charge >= 0.3 is 0 Å². The summed E-state index contributed by atoms with van der Waals surface area (Å²) in [5.74, 6) is 0. The Bertz CT molecular complexity index is 475. The highest BCUT2D eigenvalue weighted by atomic mass is 35.5. The molecule has 0 spiro atoms. The summed E-state index contributed by atoms with van der Waals surface area (Å²) in [4.78, 5) is 8.92. The second-order valence-electron chi connectivity index (χ2n) is 4.27. The minimum absolute atomic E-state index is 0. The Hall–Kier alpha value is -0.490. The van der Waals surface area contributed by atoms with Gasteiger partial charge in [0.25, 0.3) is 0 Å². The molecule has 1 aliphatic rings. The number of hydrogen-bond donors (Lipinski definition) is 1. The molecule has 2 aromatic rings. The SMILES string of the molecule is Cl.NC1(c2nc(-c3cscn3)cs2)CCCC1. The van der Waals surface area contributed by atoms with Crippen LogP contribution in [0.2, 0.25) is 0 Å². The van der Waals surface area contributed by atoms with Gasteiger partial charge in [0.2, 0.25) is 0 Å². The summed E-state index contributed by atoms with van der Waals surface area (Å²) >= 11 is 3.27. The Labute approximate surface area is 115 Å². The van der Waals surface area contributed by atoms with Crippen molar-refractivity contribution in [2.24, 2.45) is 5.73 Å². The van der Waals surface area contributed by atoms with E-state index in [-0.39, 0.29) is 17.9 Å². The van der Waals surface area contributed by atoms with Crippen molar-refractivity contribution in [2.75, 3.05) is 0 Å². The quantitative estimate of drug-likeness (QED) is 0.921. The summed E-state index contributed by atoms with van der Waals surface area (Å²) in [7, 11) is 0. The van der Waals surface area contributed by atoms with Crippen LogP contribution in [-0.4, -0.2) is 9.97 Å². The summed E-state index contributed by atoms with van der Waals surface area (Å²) in [6.45, 7) is 0. The van der Waals surface area contributed by atoms with Gasteiger partial charge in [0.05, 0.1) is 11.0 Å². The van der Waals surface area contributed by atoms with Crippen LogP contribution in [0.1, 0.15) is 30.7 Å². The zero-order valence-electron chi connectivity index (χ0n) is 9.26. The first-order chi connectivity index (χ1) is 7.78. The van der Waals surface area contributed by atoms with Gasteiger partial charge in [-0.3, -0.25) is 0 Å². The van der Waals surface area contributed by atoms with Gasteiger partial charge in [-0.1, -0.05) is 12.8 Å². The van der Waals surface area contributed by atoms with Crippen LogP contribution in [0.25, 0.3) is 11.4 Å². The fourth-order valence-corrected chi connectivity index (χ4v) is 3.71. The molecule has 2 heterocycles. The van der Waals surface area contributed by atoms with Gasteiger partial charge in [-0.05, 0) is 12.8 Å². The number of nitrogens with zero attached hydrogens (tertiary/aromatic N) is 2. The molecule has 0 atom stereocenters. The van der Waals surface area contributed by atoms with E-state index in [1.54, 1.807) is 22.7 Å². The van der Waals surface area contributed by atoms with Crippen molar-refractivity contribution in [1.29, 1.82) is 0 Å². The molecule has 0 aromatic carbocycles. The summed E-state index contributed by atoms with van der Waals surface area (Å²) in [6, 6.07) is 0. The summed E-state index contributed by atoms with van der Waals surface area (Å²) in [5, 5.41) is 5.17. The molecular weight excluding hydrogens is 274 g/mol. The normalized spacial score (nSPS) is 17.9. The number of rotatable bonds is 2. The highest BCUT2D eigenvalue weighted by molar-refractivity contribution is 7.10. The Morgan fingerprint density at radius 3 is 2.59 bits per heavy atom. The first kappa shape index (κ1) is 13.0. The van der Waals surface area contributed by atoms with Crippen molar-refractivity contribution in [3.8, 4) is 11.4 Å². The number of nitrogens with two attached hydrogens (primary N) is 1. The van der Waals surface area contributed by atoms with Gasteiger partial charge in [0.15, 0.2) is 0 Å². The number of hydrogen-bond acceptors (Lipinski definition) is 5. The first-order valence-electron chi connectivity index (χ1n) is 5.41. The van der Waals surface area contributed by atoms with Gasteiger partial charge in [-0.25, -0.2) is 9.97 Å². The van der Waals surface area contributed by atoms with E-state index in [0.717, 1.165) is 29.2 Å². The molecule has 0 bridgehead atoms. The van der Waals surface area contributed by atoms with E-state index < -0.39 is 0 Å². The second-order valence-corrected chi connectivity index (χ2v) is 5.85. The average molecular weight is 288 g/mol. The van der Waals surface area contributed by atoms with Crippen LogP contribution in [0.5, 0.6) is 0 Å².